The number of hydrogen-bond donors (Lipinski definition) is 4. The van der Waals surface area contributed by atoms with Crippen LogP contribution in [0.15, 0.2) is 91.0 Å². The minimum atomic E-state index is -1.82. The van der Waals surface area contributed by atoms with Crippen LogP contribution in [0.5, 0.6) is 5.75 Å². The first-order valence-electron chi connectivity index (χ1n) is 11.6. The smallest absolute Gasteiger partial charge is 0.414 e. The summed E-state index contributed by atoms with van der Waals surface area (Å²) in [5.41, 5.74) is 2.07. The van der Waals surface area contributed by atoms with Gasteiger partial charge in [-0.05, 0) is 42.0 Å². The number of benzene rings is 3. The van der Waals surface area contributed by atoms with Crippen LogP contribution < -0.4 is 10.1 Å². The second-order valence-electron chi connectivity index (χ2n) is 8.42. The second kappa shape index (κ2) is 12.7. The average molecular weight is 478 g/mol. The second-order valence-corrected chi connectivity index (χ2v) is 8.42. The lowest BCUT2D eigenvalue weighted by atomic mass is 9.71. The molecule has 7 heteroatoms. The molecule has 0 unspecified atom stereocenters. The molecule has 3 aromatic carbocycles. The molecule has 7 nitrogen and oxygen atoms in total. The fourth-order valence-corrected chi connectivity index (χ4v) is 4.65. The SMILES string of the molecule is O=C(O)C(=O)O.O[C@@H]1[C@@H](CNCCOc2ccccc2)CCC1(c1ccccc1)c1ccccc1. The highest BCUT2D eigenvalue weighted by molar-refractivity contribution is 6.27. The molecule has 184 valence electrons. The molecule has 0 spiro atoms. The van der Waals surface area contributed by atoms with E-state index < -0.39 is 18.0 Å². The zero-order valence-corrected chi connectivity index (χ0v) is 19.4. The molecule has 2 atom stereocenters. The van der Waals surface area contributed by atoms with Crippen molar-refractivity contribution in [1.29, 1.82) is 0 Å². The van der Waals surface area contributed by atoms with Crippen LogP contribution in [0, 0.1) is 5.92 Å². The summed E-state index contributed by atoms with van der Waals surface area (Å²) in [4.78, 5) is 18.2. The van der Waals surface area contributed by atoms with E-state index in [-0.39, 0.29) is 11.3 Å². The highest BCUT2D eigenvalue weighted by Crippen LogP contribution is 2.48. The summed E-state index contributed by atoms with van der Waals surface area (Å²) in [6.07, 6.45) is 1.53. The number of aliphatic hydroxyl groups is 1. The van der Waals surface area contributed by atoms with Gasteiger partial charge in [-0.25, -0.2) is 9.59 Å². The van der Waals surface area contributed by atoms with E-state index in [1.165, 1.54) is 11.1 Å². The third kappa shape index (κ3) is 6.68. The number of carboxylic acid groups (broad SMARTS) is 2. The fraction of sp³-hybridized carbons (Fsp3) is 0.286. The Balaban J connectivity index is 0.000000509. The maximum absolute atomic E-state index is 11.5. The van der Waals surface area contributed by atoms with Gasteiger partial charge < -0.3 is 25.4 Å². The topological polar surface area (TPSA) is 116 Å². The van der Waals surface area contributed by atoms with Gasteiger partial charge in [0, 0.05) is 18.5 Å². The Morgan fingerprint density at radius 2 is 1.31 bits per heavy atom. The molecule has 35 heavy (non-hydrogen) atoms. The Bertz CT molecular complexity index is 1010. The van der Waals surface area contributed by atoms with E-state index in [1.807, 2.05) is 42.5 Å². The van der Waals surface area contributed by atoms with Crippen molar-refractivity contribution >= 4 is 11.9 Å². The van der Waals surface area contributed by atoms with Gasteiger partial charge in [-0.2, -0.15) is 0 Å². The number of ether oxygens (including phenoxy) is 1. The van der Waals surface area contributed by atoms with E-state index in [0.717, 1.165) is 31.7 Å². The van der Waals surface area contributed by atoms with E-state index in [1.54, 1.807) is 0 Å². The summed E-state index contributed by atoms with van der Waals surface area (Å²) in [5.74, 6) is -2.54. The average Bonchev–Trinajstić information content (AvgIpc) is 3.22. The lowest BCUT2D eigenvalue weighted by Crippen LogP contribution is -2.41. The summed E-state index contributed by atoms with van der Waals surface area (Å²) in [5, 5.41) is 29.7. The van der Waals surface area contributed by atoms with Crippen LogP contribution in [0.3, 0.4) is 0 Å². The number of nitrogens with one attached hydrogen (secondary N) is 1. The Morgan fingerprint density at radius 1 is 0.829 bits per heavy atom. The van der Waals surface area contributed by atoms with Crippen molar-refractivity contribution < 1.29 is 29.6 Å². The number of rotatable bonds is 8. The molecule has 3 aromatic rings. The van der Waals surface area contributed by atoms with Crippen molar-refractivity contribution in [2.45, 2.75) is 24.4 Å². The Kier molecular flexibility index (Phi) is 9.40. The molecule has 1 aliphatic rings. The quantitative estimate of drug-likeness (QED) is 0.290. The molecule has 0 bridgehead atoms. The third-order valence-electron chi connectivity index (χ3n) is 6.32. The molecule has 0 amide bonds. The molecule has 4 rings (SSSR count). The molecular weight excluding hydrogens is 446 g/mol. The van der Waals surface area contributed by atoms with Gasteiger partial charge in [0.05, 0.1) is 6.10 Å². The van der Waals surface area contributed by atoms with E-state index in [9.17, 15) is 5.11 Å². The first-order chi connectivity index (χ1) is 16.9. The predicted octanol–water partition coefficient (Wildman–Crippen LogP) is 3.57. The van der Waals surface area contributed by atoms with E-state index in [2.05, 4.69) is 53.8 Å². The van der Waals surface area contributed by atoms with Crippen LogP contribution in [0.25, 0.3) is 0 Å². The van der Waals surface area contributed by atoms with Crippen LogP contribution in [-0.4, -0.2) is 53.1 Å². The standard InChI is InChI=1S/C26H29NO2.C2H2O4/c28-25-21(20-27-18-19-29-24-14-8-3-9-15-24)16-17-26(25,22-10-4-1-5-11-22)23-12-6-2-7-13-23;3-1(4)2(5)6/h1-15,21,25,27-28H,16-20H2;(H,3,4)(H,5,6)/t21-,25-;/m1./s1. The van der Waals surface area contributed by atoms with Crippen LogP contribution in [0.4, 0.5) is 0 Å². The third-order valence-corrected chi connectivity index (χ3v) is 6.32. The summed E-state index contributed by atoms with van der Waals surface area (Å²) < 4.78 is 5.75. The highest BCUT2D eigenvalue weighted by atomic mass is 16.5. The van der Waals surface area contributed by atoms with Gasteiger partial charge in [-0.15, -0.1) is 0 Å². The lowest BCUT2D eigenvalue weighted by Gasteiger charge is -2.36. The monoisotopic (exact) mass is 477 g/mol. The van der Waals surface area contributed by atoms with Crippen LogP contribution in [-0.2, 0) is 15.0 Å². The maximum atomic E-state index is 11.5. The van der Waals surface area contributed by atoms with Gasteiger partial charge in [-0.1, -0.05) is 78.9 Å². The Labute approximate surface area is 205 Å². The first-order valence-corrected chi connectivity index (χ1v) is 11.6. The summed E-state index contributed by atoms with van der Waals surface area (Å²) in [6.45, 7) is 2.18. The minimum Gasteiger partial charge on any atom is -0.492 e. The maximum Gasteiger partial charge on any atom is 0.414 e. The predicted molar refractivity (Wildman–Crippen MR) is 132 cm³/mol. The molecule has 0 aromatic heterocycles. The van der Waals surface area contributed by atoms with Gasteiger partial charge in [0.15, 0.2) is 0 Å². The van der Waals surface area contributed by atoms with Crippen molar-refractivity contribution in [2.75, 3.05) is 19.7 Å². The zero-order chi connectivity index (χ0) is 25.1. The number of aliphatic hydroxyl groups excluding tert-OH is 1. The number of carbonyl (C=O) groups is 2. The van der Waals surface area contributed by atoms with E-state index in [4.69, 9.17) is 24.5 Å². The Morgan fingerprint density at radius 3 is 1.80 bits per heavy atom. The largest absolute Gasteiger partial charge is 0.492 e. The molecule has 4 N–H and O–H groups in total. The molecule has 0 aliphatic heterocycles. The molecule has 0 heterocycles. The normalized spacial score (nSPS) is 18.2. The van der Waals surface area contributed by atoms with Gasteiger partial charge in [0.2, 0.25) is 0 Å². The van der Waals surface area contributed by atoms with Crippen molar-refractivity contribution in [1.82, 2.24) is 5.32 Å². The summed E-state index contributed by atoms with van der Waals surface area (Å²) in [7, 11) is 0. The number of hydrogen-bond acceptors (Lipinski definition) is 5. The zero-order valence-electron chi connectivity index (χ0n) is 19.4. The molecule has 1 aliphatic carbocycles. The lowest BCUT2D eigenvalue weighted by molar-refractivity contribution is -0.159. The van der Waals surface area contributed by atoms with Crippen LogP contribution >= 0.6 is 0 Å². The van der Waals surface area contributed by atoms with E-state index >= 15 is 0 Å². The van der Waals surface area contributed by atoms with E-state index in [0.29, 0.717) is 6.61 Å². The van der Waals surface area contributed by atoms with Gasteiger partial charge in [0.25, 0.3) is 0 Å². The van der Waals surface area contributed by atoms with Gasteiger partial charge >= 0.3 is 11.9 Å². The van der Waals surface area contributed by atoms with Gasteiger partial charge in [-0.3, -0.25) is 0 Å². The van der Waals surface area contributed by atoms with Crippen molar-refractivity contribution in [3.05, 3.63) is 102 Å². The highest BCUT2D eigenvalue weighted by Gasteiger charge is 2.49. The molecule has 0 radical (unpaired) electrons. The number of aliphatic carboxylic acids is 2. The molecule has 1 saturated carbocycles. The van der Waals surface area contributed by atoms with Gasteiger partial charge in [0.1, 0.15) is 12.4 Å². The number of para-hydroxylation sites is 1. The minimum absolute atomic E-state index is 0.215. The van der Waals surface area contributed by atoms with Crippen LogP contribution in [0.2, 0.25) is 0 Å². The van der Waals surface area contributed by atoms with Crippen molar-refractivity contribution in [3.63, 3.8) is 0 Å². The van der Waals surface area contributed by atoms with Crippen molar-refractivity contribution in [3.8, 4) is 5.75 Å². The fourth-order valence-electron chi connectivity index (χ4n) is 4.65. The van der Waals surface area contributed by atoms with Crippen molar-refractivity contribution in [2.24, 2.45) is 5.92 Å². The summed E-state index contributed by atoms with van der Waals surface area (Å²) in [6, 6.07) is 30.8. The van der Waals surface area contributed by atoms with Crippen LogP contribution in [0.1, 0.15) is 24.0 Å². The molecule has 0 saturated heterocycles. The summed E-state index contributed by atoms with van der Waals surface area (Å²) >= 11 is 0. The number of carboxylic acids is 2. The molecular formula is C28H31NO6. The first kappa shape index (κ1) is 25.9. The Hall–Kier alpha value is -3.68. The molecule has 1 fully saturated rings.